The zero-order chi connectivity index (χ0) is 17.7. The van der Waals surface area contributed by atoms with Crippen LogP contribution < -0.4 is 5.32 Å². The second-order valence-electron chi connectivity index (χ2n) is 5.26. The Morgan fingerprint density at radius 3 is 2.50 bits per heavy atom. The summed E-state index contributed by atoms with van der Waals surface area (Å²) >= 11 is 1.34. The molecular formula is C16H18N2O4S2. The first kappa shape index (κ1) is 18.3. The average Bonchev–Trinajstić information content (AvgIpc) is 3.07. The fraction of sp³-hybridized carbons (Fsp3) is 0.250. The van der Waals surface area contributed by atoms with Gasteiger partial charge in [-0.2, -0.15) is 0 Å². The van der Waals surface area contributed by atoms with Gasteiger partial charge in [0.25, 0.3) is 0 Å². The predicted molar refractivity (Wildman–Crippen MR) is 93.8 cm³/mol. The molecule has 1 amide bonds. The topological polar surface area (TPSA) is 83.6 Å². The summed E-state index contributed by atoms with van der Waals surface area (Å²) in [7, 11) is -0.679. The van der Waals surface area contributed by atoms with E-state index in [1.165, 1.54) is 37.6 Å². The third kappa shape index (κ3) is 4.50. The van der Waals surface area contributed by atoms with Gasteiger partial charge in [0.05, 0.1) is 9.77 Å². The molecule has 1 N–H and O–H groups in total. The molecular weight excluding hydrogens is 348 g/mol. The molecule has 8 heteroatoms. The summed E-state index contributed by atoms with van der Waals surface area (Å²) in [6, 6.07) is 9.53. The number of benzene rings is 1. The number of hydrogen-bond donors (Lipinski definition) is 1. The van der Waals surface area contributed by atoms with Gasteiger partial charge in [-0.15, -0.1) is 11.3 Å². The van der Waals surface area contributed by atoms with Crippen LogP contribution in [0, 0.1) is 0 Å². The smallest absolute Gasteiger partial charge is 0.242 e. The monoisotopic (exact) mass is 366 g/mol. The van der Waals surface area contributed by atoms with Crippen LogP contribution in [0.3, 0.4) is 0 Å². The minimum Gasteiger partial charge on any atom is -0.326 e. The Hall–Kier alpha value is -2.03. The van der Waals surface area contributed by atoms with Crippen LogP contribution in [0.2, 0.25) is 0 Å². The second kappa shape index (κ2) is 7.69. The van der Waals surface area contributed by atoms with Crippen molar-refractivity contribution >= 4 is 38.7 Å². The first-order valence-corrected chi connectivity index (χ1v) is 9.52. The van der Waals surface area contributed by atoms with Crippen LogP contribution in [0.25, 0.3) is 0 Å². The number of carbonyl (C=O) groups is 2. The van der Waals surface area contributed by atoms with Gasteiger partial charge in [-0.25, -0.2) is 12.7 Å². The summed E-state index contributed by atoms with van der Waals surface area (Å²) in [5.41, 5.74) is 0.381. The SMILES string of the molecule is CN(C)S(=O)(=O)c1cccc(NC(=O)CCC(=O)c2cccs2)c1. The van der Waals surface area contributed by atoms with Gasteiger partial charge in [0, 0.05) is 32.6 Å². The van der Waals surface area contributed by atoms with Crippen molar-refractivity contribution in [3.63, 3.8) is 0 Å². The minimum atomic E-state index is -3.56. The number of rotatable bonds is 7. The maximum absolute atomic E-state index is 12.1. The first-order chi connectivity index (χ1) is 11.3. The molecule has 0 aliphatic heterocycles. The lowest BCUT2D eigenvalue weighted by Crippen LogP contribution is -2.22. The molecule has 1 aromatic heterocycles. The molecule has 0 unspecified atom stereocenters. The Labute approximate surface area is 145 Å². The van der Waals surface area contributed by atoms with E-state index < -0.39 is 10.0 Å². The predicted octanol–water partition coefficient (Wildman–Crippen LogP) is 2.60. The summed E-state index contributed by atoms with van der Waals surface area (Å²) in [4.78, 5) is 24.6. The number of nitrogens with zero attached hydrogens (tertiary/aromatic N) is 1. The summed E-state index contributed by atoms with van der Waals surface area (Å²) < 4.78 is 25.3. The molecule has 2 rings (SSSR count). The molecule has 128 valence electrons. The second-order valence-corrected chi connectivity index (χ2v) is 8.36. The Morgan fingerprint density at radius 1 is 1.12 bits per heavy atom. The number of ketones is 1. The highest BCUT2D eigenvalue weighted by molar-refractivity contribution is 7.89. The molecule has 0 atom stereocenters. The van der Waals surface area contributed by atoms with Gasteiger partial charge in [-0.1, -0.05) is 12.1 Å². The van der Waals surface area contributed by atoms with Crippen LogP contribution in [-0.2, 0) is 14.8 Å². The van der Waals surface area contributed by atoms with E-state index in [0.29, 0.717) is 10.6 Å². The lowest BCUT2D eigenvalue weighted by molar-refractivity contribution is -0.116. The molecule has 0 aliphatic rings. The number of carbonyl (C=O) groups excluding carboxylic acids is 2. The molecule has 0 aliphatic carbocycles. The Bertz CT molecular complexity index is 828. The van der Waals surface area contributed by atoms with Crippen molar-refractivity contribution in [1.29, 1.82) is 0 Å². The van der Waals surface area contributed by atoms with Crippen molar-refractivity contribution in [3.05, 3.63) is 46.7 Å². The molecule has 0 spiro atoms. The number of sulfonamides is 1. The van der Waals surface area contributed by atoms with Crippen molar-refractivity contribution in [2.24, 2.45) is 0 Å². The molecule has 0 saturated heterocycles. The number of hydrogen-bond acceptors (Lipinski definition) is 5. The van der Waals surface area contributed by atoms with E-state index in [9.17, 15) is 18.0 Å². The maximum atomic E-state index is 12.1. The van der Waals surface area contributed by atoms with Crippen molar-refractivity contribution < 1.29 is 18.0 Å². The molecule has 0 fully saturated rings. The number of Topliss-reactive ketones (excluding diaryl/α,β-unsaturated/α-hetero) is 1. The van der Waals surface area contributed by atoms with Crippen LogP contribution in [0.5, 0.6) is 0 Å². The number of amides is 1. The lowest BCUT2D eigenvalue weighted by atomic mass is 10.2. The minimum absolute atomic E-state index is 0.0430. The molecule has 24 heavy (non-hydrogen) atoms. The van der Waals surface area contributed by atoms with Gasteiger partial charge in [0.15, 0.2) is 5.78 Å². The fourth-order valence-electron chi connectivity index (χ4n) is 1.96. The number of nitrogens with one attached hydrogen (secondary N) is 1. The van der Waals surface area contributed by atoms with Gasteiger partial charge >= 0.3 is 0 Å². The Kier molecular flexibility index (Phi) is 5.87. The zero-order valence-electron chi connectivity index (χ0n) is 13.4. The Morgan fingerprint density at radius 2 is 1.88 bits per heavy atom. The zero-order valence-corrected chi connectivity index (χ0v) is 15.0. The van der Waals surface area contributed by atoms with Crippen LogP contribution >= 0.6 is 11.3 Å². The number of thiophene rings is 1. The number of anilines is 1. The van der Waals surface area contributed by atoms with Gasteiger partial charge in [-0.3, -0.25) is 9.59 Å². The highest BCUT2D eigenvalue weighted by atomic mass is 32.2. The van der Waals surface area contributed by atoms with E-state index in [0.717, 1.165) is 4.31 Å². The largest absolute Gasteiger partial charge is 0.326 e. The summed E-state index contributed by atoms with van der Waals surface area (Å²) in [5.74, 6) is -0.414. The fourth-order valence-corrected chi connectivity index (χ4v) is 3.60. The van der Waals surface area contributed by atoms with Crippen LogP contribution in [0.15, 0.2) is 46.7 Å². The van der Waals surface area contributed by atoms with E-state index in [2.05, 4.69) is 5.32 Å². The van der Waals surface area contributed by atoms with Gasteiger partial charge in [-0.05, 0) is 29.6 Å². The lowest BCUT2D eigenvalue weighted by Gasteiger charge is -2.12. The maximum Gasteiger partial charge on any atom is 0.242 e. The first-order valence-electron chi connectivity index (χ1n) is 7.20. The van der Waals surface area contributed by atoms with Crippen molar-refractivity contribution in [3.8, 4) is 0 Å². The standard InChI is InChI=1S/C16H18N2O4S2/c1-18(2)24(21,22)13-6-3-5-12(11-13)17-16(20)9-8-14(19)15-7-4-10-23-15/h3-7,10-11H,8-9H2,1-2H3,(H,17,20). The molecule has 0 radical (unpaired) electrons. The molecule has 1 heterocycles. The summed E-state index contributed by atoms with van der Waals surface area (Å²) in [6.45, 7) is 0. The van der Waals surface area contributed by atoms with E-state index in [1.54, 1.807) is 24.3 Å². The van der Waals surface area contributed by atoms with Gasteiger partial charge in [0.2, 0.25) is 15.9 Å². The molecule has 0 saturated carbocycles. The van der Waals surface area contributed by atoms with Crippen LogP contribution in [0.4, 0.5) is 5.69 Å². The van der Waals surface area contributed by atoms with E-state index in [1.807, 2.05) is 5.38 Å². The third-order valence-electron chi connectivity index (χ3n) is 3.27. The van der Waals surface area contributed by atoms with Gasteiger partial charge in [0.1, 0.15) is 0 Å². The van der Waals surface area contributed by atoms with Crippen molar-refractivity contribution in [2.75, 3.05) is 19.4 Å². The molecule has 0 bridgehead atoms. The quantitative estimate of drug-likeness (QED) is 0.764. The highest BCUT2D eigenvalue weighted by Gasteiger charge is 2.17. The van der Waals surface area contributed by atoms with E-state index >= 15 is 0 Å². The Balaban J connectivity index is 1.98. The van der Waals surface area contributed by atoms with Crippen molar-refractivity contribution in [2.45, 2.75) is 17.7 Å². The van der Waals surface area contributed by atoms with E-state index in [-0.39, 0.29) is 29.4 Å². The third-order valence-corrected chi connectivity index (χ3v) is 5.99. The molecule has 6 nitrogen and oxygen atoms in total. The summed E-state index contributed by atoms with van der Waals surface area (Å²) in [6.07, 6.45) is 0.156. The summed E-state index contributed by atoms with van der Waals surface area (Å²) in [5, 5.41) is 4.43. The van der Waals surface area contributed by atoms with E-state index in [4.69, 9.17) is 0 Å². The van der Waals surface area contributed by atoms with Crippen LogP contribution in [0.1, 0.15) is 22.5 Å². The normalized spacial score (nSPS) is 11.5. The van der Waals surface area contributed by atoms with Crippen LogP contribution in [-0.4, -0.2) is 38.5 Å². The average molecular weight is 366 g/mol. The molecule has 2 aromatic rings. The highest BCUT2D eigenvalue weighted by Crippen LogP contribution is 2.18. The van der Waals surface area contributed by atoms with Crippen molar-refractivity contribution in [1.82, 2.24) is 4.31 Å². The molecule has 1 aromatic carbocycles. The van der Waals surface area contributed by atoms with Gasteiger partial charge < -0.3 is 5.32 Å².